The maximum Gasteiger partial charge on any atom is 0.277 e. The maximum absolute atomic E-state index is 13.9. The number of carbonyl (C=O) groups excluding carboxylic acids is 2. The summed E-state index contributed by atoms with van der Waals surface area (Å²) >= 11 is 6.34. The molecule has 1 aliphatic heterocycles. The molecule has 1 aromatic heterocycles. The second-order valence-electron chi connectivity index (χ2n) is 10.8. The van der Waals surface area contributed by atoms with Crippen molar-refractivity contribution in [2.75, 3.05) is 4.90 Å². The third-order valence-corrected chi connectivity index (χ3v) is 7.25. The lowest BCUT2D eigenvalue weighted by atomic mass is 9.91. The van der Waals surface area contributed by atoms with E-state index in [-0.39, 0.29) is 29.8 Å². The van der Waals surface area contributed by atoms with Crippen LogP contribution in [0, 0.1) is 6.92 Å². The summed E-state index contributed by atoms with van der Waals surface area (Å²) in [6.07, 6.45) is 6.62. The Balaban J connectivity index is 1.79. The molecule has 2 aliphatic rings. The average Bonchev–Trinajstić information content (AvgIpc) is 3.01. The molecule has 7 heteroatoms. The number of benzene rings is 1. The first-order valence-corrected chi connectivity index (χ1v) is 12.4. The van der Waals surface area contributed by atoms with Gasteiger partial charge in [-0.15, -0.1) is 0 Å². The highest BCUT2D eigenvalue weighted by Crippen LogP contribution is 2.37. The van der Waals surface area contributed by atoms with Gasteiger partial charge in [0.05, 0.1) is 12.2 Å². The van der Waals surface area contributed by atoms with Crippen LogP contribution in [-0.4, -0.2) is 33.2 Å². The van der Waals surface area contributed by atoms with E-state index in [1.165, 1.54) is 12.8 Å². The molecule has 1 atom stereocenters. The van der Waals surface area contributed by atoms with E-state index in [2.05, 4.69) is 26.1 Å². The van der Waals surface area contributed by atoms with Gasteiger partial charge in [-0.2, -0.15) is 5.10 Å². The molecule has 1 saturated carbocycles. The molecule has 0 spiro atoms. The monoisotopic (exact) mass is 470 g/mol. The molecule has 2 heterocycles. The number of halogens is 1. The molecule has 0 radical (unpaired) electrons. The van der Waals surface area contributed by atoms with Crippen LogP contribution in [0.25, 0.3) is 0 Å². The summed E-state index contributed by atoms with van der Waals surface area (Å²) in [5.74, 6) is -0.367. The predicted molar refractivity (Wildman–Crippen MR) is 132 cm³/mol. The van der Waals surface area contributed by atoms with Gasteiger partial charge < -0.3 is 5.32 Å². The SMILES string of the molecule is Cc1ccc(Cl)cc1N1C(=O)c2cc(C(C)(C)C)nn2CC1(C)C(=O)NC1CCCCCC1. The van der Waals surface area contributed by atoms with E-state index in [0.717, 1.165) is 36.9 Å². The normalized spacial score (nSPS) is 22.1. The number of nitrogens with zero attached hydrogens (tertiary/aromatic N) is 3. The summed E-state index contributed by atoms with van der Waals surface area (Å²) in [7, 11) is 0. The first-order chi connectivity index (χ1) is 15.5. The lowest BCUT2D eigenvalue weighted by Crippen LogP contribution is -2.65. The summed E-state index contributed by atoms with van der Waals surface area (Å²) in [5.41, 5.74) is 1.55. The van der Waals surface area contributed by atoms with Gasteiger partial charge in [0.1, 0.15) is 11.2 Å². The Morgan fingerprint density at radius 1 is 1.15 bits per heavy atom. The van der Waals surface area contributed by atoms with Crippen LogP contribution in [0.3, 0.4) is 0 Å². The highest BCUT2D eigenvalue weighted by atomic mass is 35.5. The lowest BCUT2D eigenvalue weighted by Gasteiger charge is -2.44. The lowest BCUT2D eigenvalue weighted by molar-refractivity contribution is -0.127. The highest BCUT2D eigenvalue weighted by Gasteiger charge is 2.50. The summed E-state index contributed by atoms with van der Waals surface area (Å²) in [6.45, 7) is 10.3. The Labute approximate surface area is 201 Å². The molecule has 4 rings (SSSR count). The fourth-order valence-corrected chi connectivity index (χ4v) is 5.08. The minimum absolute atomic E-state index is 0.137. The topological polar surface area (TPSA) is 67.2 Å². The van der Waals surface area contributed by atoms with Crippen LogP contribution in [-0.2, 0) is 16.8 Å². The fourth-order valence-electron chi connectivity index (χ4n) is 4.91. The average molecular weight is 471 g/mol. The first kappa shape index (κ1) is 23.8. The molecular weight excluding hydrogens is 436 g/mol. The molecule has 1 aliphatic carbocycles. The van der Waals surface area contributed by atoms with Crippen LogP contribution in [0.2, 0.25) is 5.02 Å². The van der Waals surface area contributed by atoms with Gasteiger partial charge in [-0.25, -0.2) is 0 Å². The minimum atomic E-state index is -1.13. The predicted octanol–water partition coefficient (Wildman–Crippen LogP) is 5.40. The number of aryl methyl sites for hydroxylation is 1. The molecule has 178 valence electrons. The Morgan fingerprint density at radius 3 is 2.45 bits per heavy atom. The molecule has 1 fully saturated rings. The van der Waals surface area contributed by atoms with Crippen molar-refractivity contribution in [3.63, 3.8) is 0 Å². The van der Waals surface area contributed by atoms with E-state index in [1.54, 1.807) is 21.7 Å². The van der Waals surface area contributed by atoms with E-state index in [4.69, 9.17) is 16.7 Å². The minimum Gasteiger partial charge on any atom is -0.351 e. The van der Waals surface area contributed by atoms with Crippen molar-refractivity contribution in [2.24, 2.45) is 0 Å². The molecule has 33 heavy (non-hydrogen) atoms. The van der Waals surface area contributed by atoms with Crippen LogP contribution in [0.4, 0.5) is 5.69 Å². The molecule has 6 nitrogen and oxygen atoms in total. The second kappa shape index (κ2) is 8.79. The molecule has 1 N–H and O–H groups in total. The van der Waals surface area contributed by atoms with Crippen molar-refractivity contribution in [3.05, 3.63) is 46.2 Å². The molecule has 0 bridgehead atoms. The van der Waals surface area contributed by atoms with Gasteiger partial charge in [-0.1, -0.05) is 64.1 Å². The number of hydrogen-bond donors (Lipinski definition) is 1. The number of nitrogens with one attached hydrogen (secondary N) is 1. The summed E-state index contributed by atoms with van der Waals surface area (Å²) in [5, 5.41) is 8.56. The largest absolute Gasteiger partial charge is 0.351 e. The number of hydrogen-bond acceptors (Lipinski definition) is 3. The van der Waals surface area contributed by atoms with E-state index in [9.17, 15) is 9.59 Å². The standard InChI is InChI=1S/C26H35ClN4O2/c1-17-12-13-18(27)14-20(17)31-23(32)21-15-22(25(2,3)4)29-30(21)16-26(31,5)24(33)28-19-10-8-6-7-9-11-19/h12-15,19H,6-11,16H2,1-5H3,(H,28,33). The number of amides is 2. The van der Waals surface area contributed by atoms with Crippen LogP contribution in [0.5, 0.6) is 0 Å². The summed E-state index contributed by atoms with van der Waals surface area (Å²) in [6, 6.07) is 7.47. The van der Waals surface area contributed by atoms with E-state index >= 15 is 0 Å². The number of aromatic nitrogens is 2. The van der Waals surface area contributed by atoms with Gasteiger partial charge in [0, 0.05) is 22.2 Å². The van der Waals surface area contributed by atoms with Gasteiger partial charge in [0.25, 0.3) is 5.91 Å². The number of fused-ring (bicyclic) bond motifs is 1. The molecule has 2 amide bonds. The van der Waals surface area contributed by atoms with Crippen molar-refractivity contribution in [1.82, 2.24) is 15.1 Å². The smallest absolute Gasteiger partial charge is 0.277 e. The zero-order valence-corrected chi connectivity index (χ0v) is 21.1. The van der Waals surface area contributed by atoms with E-state index in [1.807, 2.05) is 26.0 Å². The van der Waals surface area contributed by atoms with Crippen molar-refractivity contribution in [1.29, 1.82) is 0 Å². The summed E-state index contributed by atoms with van der Waals surface area (Å²) < 4.78 is 1.71. The van der Waals surface area contributed by atoms with Gasteiger partial charge in [-0.05, 0) is 50.5 Å². The Kier molecular flexibility index (Phi) is 6.34. The molecule has 0 saturated heterocycles. The van der Waals surface area contributed by atoms with Gasteiger partial charge in [0.2, 0.25) is 5.91 Å². The maximum atomic E-state index is 13.9. The van der Waals surface area contributed by atoms with Crippen LogP contribution < -0.4 is 10.2 Å². The Hall–Kier alpha value is -2.34. The van der Waals surface area contributed by atoms with Crippen LogP contribution in [0.15, 0.2) is 24.3 Å². The van der Waals surface area contributed by atoms with E-state index in [0.29, 0.717) is 16.4 Å². The van der Waals surface area contributed by atoms with Crippen LogP contribution >= 0.6 is 11.6 Å². The zero-order chi connectivity index (χ0) is 24.0. The Bertz CT molecular complexity index is 1060. The van der Waals surface area contributed by atoms with Gasteiger partial charge in [0.15, 0.2) is 0 Å². The van der Waals surface area contributed by atoms with Crippen LogP contribution in [0.1, 0.15) is 88.0 Å². The van der Waals surface area contributed by atoms with Gasteiger partial charge in [-0.3, -0.25) is 19.2 Å². The quantitative estimate of drug-likeness (QED) is 0.610. The molecule has 2 aromatic rings. The number of rotatable bonds is 3. The highest BCUT2D eigenvalue weighted by molar-refractivity contribution is 6.31. The van der Waals surface area contributed by atoms with Crippen molar-refractivity contribution in [3.8, 4) is 0 Å². The Morgan fingerprint density at radius 2 is 1.82 bits per heavy atom. The summed E-state index contributed by atoms with van der Waals surface area (Å²) in [4.78, 5) is 29.4. The third kappa shape index (κ3) is 4.54. The third-order valence-electron chi connectivity index (χ3n) is 7.01. The van der Waals surface area contributed by atoms with Crippen molar-refractivity contribution < 1.29 is 9.59 Å². The van der Waals surface area contributed by atoms with Crippen molar-refractivity contribution >= 4 is 29.1 Å². The van der Waals surface area contributed by atoms with Crippen molar-refractivity contribution in [2.45, 2.75) is 96.7 Å². The molecule has 1 unspecified atom stereocenters. The second-order valence-corrected chi connectivity index (χ2v) is 11.3. The number of anilines is 1. The zero-order valence-electron chi connectivity index (χ0n) is 20.4. The molecular formula is C26H35ClN4O2. The van der Waals surface area contributed by atoms with Gasteiger partial charge >= 0.3 is 0 Å². The van der Waals surface area contributed by atoms with E-state index < -0.39 is 5.54 Å². The molecule has 1 aromatic carbocycles. The first-order valence-electron chi connectivity index (χ1n) is 12.0. The number of carbonyl (C=O) groups is 2. The fraction of sp³-hybridized carbons (Fsp3) is 0.577.